The molecule has 2 saturated heterocycles. The Hall–Kier alpha value is -3.58. The molecular weight excluding hydrogens is 821 g/mol. The molecule has 0 amide bonds. The van der Waals surface area contributed by atoms with Crippen LogP contribution in [0.1, 0.15) is 221 Å². The first kappa shape index (κ1) is 49.4. The van der Waals surface area contributed by atoms with E-state index in [0.29, 0.717) is 35.1 Å². The zero-order valence-corrected chi connectivity index (χ0v) is 41.2. The number of hydrogen-bond acceptors (Lipinski definition) is 8. The van der Waals surface area contributed by atoms with Gasteiger partial charge in [-0.1, -0.05) is 139 Å². The molecule has 0 unspecified atom stereocenters. The molecule has 0 saturated carbocycles. The van der Waals surface area contributed by atoms with E-state index in [0.717, 1.165) is 22.3 Å². The average Bonchev–Trinajstić information content (AvgIpc) is 3.86. The summed E-state index contributed by atoms with van der Waals surface area (Å²) >= 11 is 0. The van der Waals surface area contributed by atoms with E-state index in [1.54, 1.807) is 13.8 Å². The molecule has 0 N–H and O–H groups in total. The van der Waals surface area contributed by atoms with Crippen molar-refractivity contribution >= 4 is 32.0 Å². The molecular formula is C50H72N2O8S2. The summed E-state index contributed by atoms with van der Waals surface area (Å²) in [7, 11) is -8.64. The monoisotopic (exact) mass is 892 g/mol. The van der Waals surface area contributed by atoms with Gasteiger partial charge in [0.2, 0.25) is 20.0 Å². The quantitative estimate of drug-likeness (QED) is 0.130. The fourth-order valence-corrected chi connectivity index (χ4v) is 14.1. The molecule has 2 heterocycles. The summed E-state index contributed by atoms with van der Waals surface area (Å²) in [4.78, 5) is 27.2. The van der Waals surface area contributed by atoms with Gasteiger partial charge >= 0.3 is 11.9 Å². The van der Waals surface area contributed by atoms with Gasteiger partial charge in [0.15, 0.2) is 6.23 Å². The highest BCUT2D eigenvalue weighted by molar-refractivity contribution is 7.89. The van der Waals surface area contributed by atoms with Crippen LogP contribution in [0, 0.1) is 0 Å². The number of benzene rings is 3. The van der Waals surface area contributed by atoms with Crippen molar-refractivity contribution in [1.29, 1.82) is 0 Å². The van der Waals surface area contributed by atoms with Crippen LogP contribution in [0.2, 0.25) is 0 Å². The van der Waals surface area contributed by atoms with Gasteiger partial charge in [0.05, 0.1) is 28.5 Å². The van der Waals surface area contributed by atoms with Gasteiger partial charge in [-0.3, -0.25) is 9.59 Å². The lowest BCUT2D eigenvalue weighted by atomic mass is 9.89. The molecule has 0 bridgehead atoms. The molecule has 12 heteroatoms. The fraction of sp³-hybridized carbons (Fsp3) is 0.600. The first-order valence-electron chi connectivity index (χ1n) is 22.9. The van der Waals surface area contributed by atoms with E-state index in [4.69, 9.17) is 9.47 Å². The summed E-state index contributed by atoms with van der Waals surface area (Å²) in [5.41, 5.74) is 6.28. The lowest BCUT2D eigenvalue weighted by Crippen LogP contribution is -2.43. The second-order valence-electron chi connectivity index (χ2n) is 19.1. The minimum absolute atomic E-state index is 0.0903. The number of carbonyl (C=O) groups excluding carboxylic acids is 2. The molecule has 2 aliphatic heterocycles. The predicted molar refractivity (Wildman–Crippen MR) is 246 cm³/mol. The number of ether oxygens (including phenoxy) is 2. The van der Waals surface area contributed by atoms with Gasteiger partial charge in [-0.15, -0.1) is 0 Å². The first-order chi connectivity index (χ1) is 29.0. The van der Waals surface area contributed by atoms with Crippen molar-refractivity contribution in [3.8, 4) is 0 Å². The number of carbonyl (C=O) groups is 2. The highest BCUT2D eigenvalue weighted by atomic mass is 32.2. The second kappa shape index (κ2) is 19.7. The van der Waals surface area contributed by atoms with Crippen LogP contribution >= 0.6 is 0 Å². The van der Waals surface area contributed by atoms with Crippen molar-refractivity contribution in [2.24, 2.45) is 0 Å². The molecule has 3 aromatic carbocycles. The molecule has 5 rings (SSSR count). The summed E-state index contributed by atoms with van der Waals surface area (Å²) in [6.07, 6.45) is 0.318. The zero-order chi connectivity index (χ0) is 46.2. The maximum absolute atomic E-state index is 15.5. The summed E-state index contributed by atoms with van der Waals surface area (Å²) in [5, 5.41) is 0. The lowest BCUT2D eigenvalue weighted by Gasteiger charge is -2.33. The molecule has 0 spiro atoms. The maximum Gasteiger partial charge on any atom is 0.324 e. The Morgan fingerprint density at radius 2 is 0.984 bits per heavy atom. The van der Waals surface area contributed by atoms with E-state index in [2.05, 4.69) is 27.7 Å². The zero-order valence-electron chi connectivity index (χ0n) is 39.6. The largest absolute Gasteiger partial charge is 0.465 e. The molecule has 62 heavy (non-hydrogen) atoms. The van der Waals surface area contributed by atoms with Gasteiger partial charge < -0.3 is 9.47 Å². The number of esters is 2. The van der Waals surface area contributed by atoms with Gasteiger partial charge in [0.1, 0.15) is 6.04 Å². The van der Waals surface area contributed by atoms with Crippen molar-refractivity contribution in [2.45, 2.75) is 199 Å². The number of nitrogens with zero attached hydrogens (tertiary/aromatic N) is 2. The molecule has 10 nitrogen and oxygen atoms in total. The first-order valence-corrected chi connectivity index (χ1v) is 25.8. The third-order valence-electron chi connectivity index (χ3n) is 12.6. The van der Waals surface area contributed by atoms with E-state index in [1.165, 1.54) is 8.61 Å². The molecule has 0 aliphatic carbocycles. The SMILES string of the molecule is CCOC(=O)[C@@H]1CC[C@H](c2cccc([C@H]3CC[C@@H](OC(=O)CC)N3S(=O)(=O)c3c(C(C)C)cc(C(C)C)cc3C(C)C)c2)N1S(=O)(=O)c1c(C(C)C)cc(C(C)C)cc1C(C)C. The van der Waals surface area contributed by atoms with Gasteiger partial charge in [-0.05, 0) is 106 Å². The average molecular weight is 893 g/mol. The van der Waals surface area contributed by atoms with Crippen molar-refractivity contribution in [1.82, 2.24) is 8.61 Å². The van der Waals surface area contributed by atoms with Crippen molar-refractivity contribution in [3.05, 3.63) is 93.0 Å². The molecule has 0 radical (unpaired) electrons. The number of hydrogen-bond donors (Lipinski definition) is 0. The summed E-state index contributed by atoms with van der Waals surface area (Å²) in [6, 6.07) is 12.9. The standard InChI is InChI=1S/C50H72N2O8S2/c1-15-47(53)60-46-23-22-44(52(46)62(57,58)49-41(33(11)12)27-38(30(5)6)28-42(49)34(13)14)36-19-17-18-35(24-36)43-20-21-45(50(54)59-16-2)51(43)61(55,56)48-39(31(7)8)25-37(29(3)4)26-40(48)32(9)10/h17-19,24-34,43-46H,15-16,20-23H2,1-14H3/t43-,44-,45+,46-/m1/s1. The Bertz CT molecular complexity index is 2270. The van der Waals surface area contributed by atoms with Crippen LogP contribution in [-0.4, -0.2) is 56.3 Å². The smallest absolute Gasteiger partial charge is 0.324 e. The van der Waals surface area contributed by atoms with E-state index in [1.807, 2.05) is 104 Å². The number of sulfonamides is 2. The molecule has 3 aromatic rings. The van der Waals surface area contributed by atoms with Crippen molar-refractivity contribution < 1.29 is 35.9 Å². The summed E-state index contributed by atoms with van der Waals surface area (Å²) in [5.74, 6) is -1.22. The molecule has 2 fully saturated rings. The van der Waals surface area contributed by atoms with E-state index in [9.17, 15) is 9.59 Å². The molecule has 2 aliphatic rings. The van der Waals surface area contributed by atoms with E-state index in [-0.39, 0.29) is 71.2 Å². The van der Waals surface area contributed by atoms with Crippen LogP contribution in [-0.2, 0) is 39.1 Å². The Labute approximate surface area is 373 Å². The minimum atomic E-state index is -4.34. The third-order valence-corrected chi connectivity index (χ3v) is 16.7. The summed E-state index contributed by atoms with van der Waals surface area (Å²) < 4.78 is 76.4. The predicted octanol–water partition coefficient (Wildman–Crippen LogP) is 11.7. The van der Waals surface area contributed by atoms with Crippen molar-refractivity contribution in [2.75, 3.05) is 6.61 Å². The van der Waals surface area contributed by atoms with Crippen LogP contribution in [0.4, 0.5) is 0 Å². The van der Waals surface area contributed by atoms with Gasteiger partial charge in [-0.25, -0.2) is 16.8 Å². The van der Waals surface area contributed by atoms with Crippen molar-refractivity contribution in [3.63, 3.8) is 0 Å². The summed E-state index contributed by atoms with van der Waals surface area (Å²) in [6.45, 7) is 27.9. The highest BCUT2D eigenvalue weighted by Gasteiger charge is 2.50. The molecule has 342 valence electrons. The van der Waals surface area contributed by atoms with E-state index < -0.39 is 56.3 Å². The molecule has 4 atom stereocenters. The van der Waals surface area contributed by atoms with Crippen LogP contribution in [0.25, 0.3) is 0 Å². The molecule has 0 aromatic heterocycles. The Morgan fingerprint density at radius 3 is 1.37 bits per heavy atom. The lowest BCUT2D eigenvalue weighted by molar-refractivity contribution is -0.153. The highest BCUT2D eigenvalue weighted by Crippen LogP contribution is 2.48. The topological polar surface area (TPSA) is 127 Å². The Balaban J connectivity index is 1.72. The van der Waals surface area contributed by atoms with Crippen LogP contribution in [0.3, 0.4) is 0 Å². The maximum atomic E-state index is 15.5. The Kier molecular flexibility index (Phi) is 15.7. The van der Waals surface area contributed by atoms with Gasteiger partial charge in [0.25, 0.3) is 0 Å². The Morgan fingerprint density at radius 1 is 0.581 bits per heavy atom. The van der Waals surface area contributed by atoms with Gasteiger partial charge in [-0.2, -0.15) is 8.61 Å². The van der Waals surface area contributed by atoms with E-state index >= 15 is 16.8 Å². The second-order valence-corrected chi connectivity index (χ2v) is 22.6. The van der Waals surface area contributed by atoms with Gasteiger partial charge in [0, 0.05) is 12.8 Å². The fourth-order valence-electron chi connectivity index (χ4n) is 9.19. The minimum Gasteiger partial charge on any atom is -0.465 e. The number of rotatable bonds is 16. The third kappa shape index (κ3) is 9.73. The van der Waals surface area contributed by atoms with Crippen LogP contribution in [0.15, 0.2) is 58.3 Å². The van der Waals surface area contributed by atoms with Crippen LogP contribution < -0.4 is 0 Å². The normalized spacial score (nSPS) is 20.5. The van der Waals surface area contributed by atoms with Crippen LogP contribution in [0.5, 0.6) is 0 Å².